The fraction of sp³-hybridized carbons (Fsp3) is 0.538. The highest BCUT2D eigenvalue weighted by Crippen LogP contribution is 2.31. The highest BCUT2D eigenvalue weighted by Gasteiger charge is 2.21. The monoisotopic (exact) mass is 354 g/mol. The third-order valence-electron chi connectivity index (χ3n) is 2.67. The fourth-order valence-corrected chi connectivity index (χ4v) is 3.82. The van der Waals surface area contributed by atoms with Gasteiger partial charge in [0.2, 0.25) is 10.0 Å². The molecule has 0 heterocycles. The molecule has 0 aliphatic rings. The second-order valence-corrected chi connectivity index (χ2v) is 7.52. The van der Waals surface area contributed by atoms with E-state index in [4.69, 9.17) is 33.7 Å². The predicted octanol–water partition coefficient (Wildman–Crippen LogP) is 2.92. The lowest BCUT2D eigenvalue weighted by Gasteiger charge is -2.11. The summed E-state index contributed by atoms with van der Waals surface area (Å²) in [5.74, 6) is 0.550. The standard InChI is InChI=1S/C13H20Cl2N2O3S/c1-9(2)3-5-20-6-4-17-21(18,19)13-11(14)7-10(16)8-12(13)15/h7-9,17H,3-6,16H2,1-2H3. The summed E-state index contributed by atoms with van der Waals surface area (Å²) in [5.41, 5.74) is 5.85. The van der Waals surface area contributed by atoms with Gasteiger partial charge in [-0.25, -0.2) is 13.1 Å². The second kappa shape index (κ2) is 8.19. The van der Waals surface area contributed by atoms with Crippen LogP contribution in [0.4, 0.5) is 5.69 Å². The van der Waals surface area contributed by atoms with Crippen molar-refractivity contribution in [1.82, 2.24) is 4.72 Å². The van der Waals surface area contributed by atoms with Crippen molar-refractivity contribution in [3.63, 3.8) is 0 Å². The van der Waals surface area contributed by atoms with E-state index in [2.05, 4.69) is 18.6 Å². The van der Waals surface area contributed by atoms with Crippen molar-refractivity contribution in [2.24, 2.45) is 5.92 Å². The summed E-state index contributed by atoms with van der Waals surface area (Å²) in [6, 6.07) is 2.70. The molecule has 0 atom stereocenters. The summed E-state index contributed by atoms with van der Waals surface area (Å²) in [6.45, 7) is 5.23. The Labute approximate surface area is 135 Å². The van der Waals surface area contributed by atoms with E-state index in [1.165, 1.54) is 12.1 Å². The molecular formula is C13H20Cl2N2O3S. The van der Waals surface area contributed by atoms with E-state index in [1.54, 1.807) is 0 Å². The Bertz CT molecular complexity index is 554. The summed E-state index contributed by atoms with van der Waals surface area (Å²) in [5, 5.41) is -0.0125. The lowest BCUT2D eigenvalue weighted by Crippen LogP contribution is -2.28. The predicted molar refractivity (Wildman–Crippen MR) is 86.3 cm³/mol. The van der Waals surface area contributed by atoms with Gasteiger partial charge in [-0.2, -0.15) is 0 Å². The molecule has 1 aromatic rings. The Hall–Kier alpha value is -0.530. The number of ether oxygens (including phenoxy) is 1. The zero-order valence-electron chi connectivity index (χ0n) is 12.0. The summed E-state index contributed by atoms with van der Waals surface area (Å²) >= 11 is 11.8. The maximum Gasteiger partial charge on any atom is 0.243 e. The maximum atomic E-state index is 12.1. The van der Waals surface area contributed by atoms with Crippen LogP contribution in [0, 0.1) is 5.92 Å². The van der Waals surface area contributed by atoms with Crippen LogP contribution in [-0.4, -0.2) is 28.2 Å². The van der Waals surface area contributed by atoms with Crippen molar-refractivity contribution in [3.05, 3.63) is 22.2 Å². The first-order valence-corrected chi connectivity index (χ1v) is 8.80. The van der Waals surface area contributed by atoms with Gasteiger partial charge in [0, 0.05) is 18.8 Å². The van der Waals surface area contributed by atoms with Crippen LogP contribution >= 0.6 is 23.2 Å². The maximum absolute atomic E-state index is 12.1. The molecule has 0 saturated carbocycles. The first-order chi connectivity index (χ1) is 9.74. The molecule has 0 aliphatic heterocycles. The number of nitrogen functional groups attached to an aromatic ring is 1. The molecule has 120 valence electrons. The van der Waals surface area contributed by atoms with E-state index in [1.807, 2.05) is 0 Å². The Morgan fingerprint density at radius 1 is 1.24 bits per heavy atom. The van der Waals surface area contributed by atoms with Gasteiger partial charge >= 0.3 is 0 Å². The summed E-state index contributed by atoms with van der Waals surface area (Å²) in [4.78, 5) is -0.165. The van der Waals surface area contributed by atoms with Gasteiger partial charge in [0.15, 0.2) is 0 Å². The Kier molecular flexibility index (Phi) is 7.23. The van der Waals surface area contributed by atoms with Gasteiger partial charge in [0.05, 0.1) is 16.7 Å². The Balaban J connectivity index is 2.59. The molecule has 0 unspecified atom stereocenters. The lowest BCUT2D eigenvalue weighted by atomic mass is 10.1. The highest BCUT2D eigenvalue weighted by atomic mass is 35.5. The van der Waals surface area contributed by atoms with Crippen LogP contribution in [0.25, 0.3) is 0 Å². The average molecular weight is 355 g/mol. The van der Waals surface area contributed by atoms with Gasteiger partial charge in [0.1, 0.15) is 4.90 Å². The SMILES string of the molecule is CC(C)CCOCCNS(=O)(=O)c1c(Cl)cc(N)cc1Cl. The lowest BCUT2D eigenvalue weighted by molar-refractivity contribution is 0.128. The fourth-order valence-electron chi connectivity index (χ4n) is 1.58. The number of hydrogen-bond donors (Lipinski definition) is 2. The topological polar surface area (TPSA) is 81.4 Å². The van der Waals surface area contributed by atoms with Gasteiger partial charge in [-0.1, -0.05) is 37.0 Å². The van der Waals surface area contributed by atoms with E-state index in [0.717, 1.165) is 6.42 Å². The van der Waals surface area contributed by atoms with Crippen LogP contribution in [0.15, 0.2) is 17.0 Å². The normalized spacial score (nSPS) is 12.0. The molecule has 0 saturated heterocycles. The number of hydrogen-bond acceptors (Lipinski definition) is 4. The van der Waals surface area contributed by atoms with Gasteiger partial charge in [-0.05, 0) is 24.5 Å². The number of sulfonamides is 1. The molecule has 0 bridgehead atoms. The first kappa shape index (κ1) is 18.5. The molecule has 0 amide bonds. The molecule has 0 radical (unpaired) electrons. The van der Waals surface area contributed by atoms with Gasteiger partial charge in [-0.15, -0.1) is 0 Å². The van der Waals surface area contributed by atoms with E-state index in [-0.39, 0.29) is 28.1 Å². The molecular weight excluding hydrogens is 335 g/mol. The first-order valence-electron chi connectivity index (χ1n) is 6.56. The number of benzene rings is 1. The minimum atomic E-state index is -3.79. The van der Waals surface area contributed by atoms with E-state index in [0.29, 0.717) is 18.2 Å². The van der Waals surface area contributed by atoms with E-state index < -0.39 is 10.0 Å². The molecule has 21 heavy (non-hydrogen) atoms. The van der Waals surface area contributed by atoms with Crippen molar-refractivity contribution in [1.29, 1.82) is 0 Å². The highest BCUT2D eigenvalue weighted by molar-refractivity contribution is 7.89. The average Bonchev–Trinajstić information content (AvgIpc) is 2.31. The molecule has 0 aromatic heterocycles. The molecule has 5 nitrogen and oxygen atoms in total. The van der Waals surface area contributed by atoms with E-state index in [9.17, 15) is 8.42 Å². The minimum absolute atomic E-state index is 0.00627. The molecule has 1 aromatic carbocycles. The van der Waals surface area contributed by atoms with Gasteiger partial charge in [0.25, 0.3) is 0 Å². The van der Waals surface area contributed by atoms with Crippen molar-refractivity contribution in [2.45, 2.75) is 25.2 Å². The van der Waals surface area contributed by atoms with Crippen LogP contribution < -0.4 is 10.5 Å². The van der Waals surface area contributed by atoms with Crippen LogP contribution in [0.3, 0.4) is 0 Å². The molecule has 0 fully saturated rings. The van der Waals surface area contributed by atoms with Crippen LogP contribution in [0.5, 0.6) is 0 Å². The van der Waals surface area contributed by atoms with Crippen molar-refractivity contribution in [3.8, 4) is 0 Å². The van der Waals surface area contributed by atoms with Crippen molar-refractivity contribution >= 4 is 38.9 Å². The van der Waals surface area contributed by atoms with Gasteiger partial charge < -0.3 is 10.5 Å². The summed E-state index contributed by atoms with van der Waals surface area (Å²) in [6.07, 6.45) is 0.933. The quantitative estimate of drug-likeness (QED) is 0.555. The molecule has 0 spiro atoms. The van der Waals surface area contributed by atoms with Crippen LogP contribution in [0.1, 0.15) is 20.3 Å². The number of rotatable bonds is 8. The third kappa shape index (κ3) is 6.00. The molecule has 0 aliphatic carbocycles. The number of nitrogens with two attached hydrogens (primary N) is 1. The second-order valence-electron chi connectivity index (χ2n) is 5.01. The van der Waals surface area contributed by atoms with Crippen molar-refractivity contribution in [2.75, 3.05) is 25.5 Å². The van der Waals surface area contributed by atoms with Crippen LogP contribution in [-0.2, 0) is 14.8 Å². The molecule has 8 heteroatoms. The summed E-state index contributed by atoms with van der Waals surface area (Å²) < 4.78 is 32.0. The third-order valence-corrected chi connectivity index (χ3v) is 5.05. The van der Waals surface area contributed by atoms with E-state index >= 15 is 0 Å². The largest absolute Gasteiger partial charge is 0.399 e. The summed E-state index contributed by atoms with van der Waals surface area (Å²) in [7, 11) is -3.79. The molecule has 3 N–H and O–H groups in total. The number of halogens is 2. The minimum Gasteiger partial charge on any atom is -0.399 e. The zero-order chi connectivity index (χ0) is 16.0. The van der Waals surface area contributed by atoms with Gasteiger partial charge in [-0.3, -0.25) is 0 Å². The Morgan fingerprint density at radius 3 is 2.33 bits per heavy atom. The Morgan fingerprint density at radius 2 is 1.81 bits per heavy atom. The smallest absolute Gasteiger partial charge is 0.243 e. The zero-order valence-corrected chi connectivity index (χ0v) is 14.4. The number of anilines is 1. The molecule has 1 rings (SSSR count). The van der Waals surface area contributed by atoms with Crippen molar-refractivity contribution < 1.29 is 13.2 Å². The number of nitrogens with one attached hydrogen (secondary N) is 1. The van der Waals surface area contributed by atoms with Crippen LogP contribution in [0.2, 0.25) is 10.0 Å².